The first-order valence-electron chi connectivity index (χ1n) is 5.88. The topological polar surface area (TPSA) is 33.1 Å². The third-order valence-corrected chi connectivity index (χ3v) is 3.62. The van der Waals surface area contributed by atoms with E-state index in [1.54, 1.807) is 23.9 Å². The van der Waals surface area contributed by atoms with Crippen molar-refractivity contribution in [1.29, 1.82) is 0 Å². The lowest BCUT2D eigenvalue weighted by atomic mass is 9.88. The lowest BCUT2D eigenvalue weighted by Crippen LogP contribution is -2.11. The Morgan fingerprint density at radius 3 is 2.17 bits per heavy atom. The van der Waals surface area contributed by atoms with Gasteiger partial charge in [0.1, 0.15) is 10.8 Å². The van der Waals surface area contributed by atoms with Gasteiger partial charge in [-0.05, 0) is 41.3 Å². The predicted molar refractivity (Wildman–Crippen MR) is 75.2 cm³/mol. The summed E-state index contributed by atoms with van der Waals surface area (Å²) in [7, 11) is 0. The number of pyridine rings is 1. The molecule has 3 heteroatoms. The van der Waals surface area contributed by atoms with Crippen LogP contribution in [0.15, 0.2) is 52.5 Å². The Morgan fingerprint density at radius 2 is 1.67 bits per heavy atom. The highest BCUT2D eigenvalue weighted by Gasteiger charge is 2.13. The molecule has 0 saturated carbocycles. The number of hydrogen-bond acceptors (Lipinski definition) is 3. The van der Waals surface area contributed by atoms with Gasteiger partial charge in [-0.1, -0.05) is 38.6 Å². The molecule has 0 fully saturated rings. The molecular formula is C15H17NOS. The van der Waals surface area contributed by atoms with Crippen molar-refractivity contribution in [3.63, 3.8) is 0 Å². The Labute approximate surface area is 112 Å². The van der Waals surface area contributed by atoms with Gasteiger partial charge < -0.3 is 5.11 Å². The summed E-state index contributed by atoms with van der Waals surface area (Å²) in [5.74, 6) is 0.287. The highest BCUT2D eigenvalue weighted by molar-refractivity contribution is 7.99. The minimum atomic E-state index is 0.134. The maximum atomic E-state index is 9.22. The normalized spacial score (nSPS) is 11.5. The average molecular weight is 259 g/mol. The zero-order valence-electron chi connectivity index (χ0n) is 10.8. The summed E-state index contributed by atoms with van der Waals surface area (Å²) in [6.45, 7) is 6.53. The van der Waals surface area contributed by atoms with Crippen LogP contribution >= 0.6 is 11.8 Å². The number of aromatic nitrogens is 1. The smallest absolute Gasteiger partial charge is 0.115 e. The molecule has 2 rings (SSSR count). The minimum Gasteiger partial charge on any atom is -0.508 e. The number of aromatic hydroxyl groups is 1. The Bertz CT molecular complexity index is 512. The van der Waals surface area contributed by atoms with Crippen LogP contribution in [0.2, 0.25) is 0 Å². The summed E-state index contributed by atoms with van der Waals surface area (Å²) in [6.07, 6.45) is 1.93. The van der Waals surface area contributed by atoms with Crippen LogP contribution in [0.4, 0.5) is 0 Å². The van der Waals surface area contributed by atoms with Gasteiger partial charge in [-0.2, -0.15) is 0 Å². The number of nitrogens with zero attached hydrogens (tertiary/aromatic N) is 1. The van der Waals surface area contributed by atoms with Gasteiger partial charge in [0.05, 0.1) is 0 Å². The van der Waals surface area contributed by atoms with Gasteiger partial charge in [0, 0.05) is 11.1 Å². The lowest BCUT2D eigenvalue weighted by molar-refractivity contribution is 0.475. The molecule has 0 bridgehead atoms. The number of phenols is 1. The summed E-state index contributed by atoms with van der Waals surface area (Å²) in [5.41, 5.74) is 1.37. The zero-order chi connectivity index (χ0) is 13.2. The van der Waals surface area contributed by atoms with Gasteiger partial charge in [-0.3, -0.25) is 0 Å². The van der Waals surface area contributed by atoms with Gasteiger partial charge in [-0.25, -0.2) is 4.98 Å². The highest BCUT2D eigenvalue weighted by Crippen LogP contribution is 2.29. The Kier molecular flexibility index (Phi) is 3.62. The van der Waals surface area contributed by atoms with Crippen LogP contribution in [0.1, 0.15) is 26.3 Å². The predicted octanol–water partition coefficient (Wildman–Crippen LogP) is 4.24. The molecule has 1 heterocycles. The van der Waals surface area contributed by atoms with E-state index in [1.165, 1.54) is 5.56 Å². The minimum absolute atomic E-state index is 0.134. The van der Waals surface area contributed by atoms with Gasteiger partial charge in [-0.15, -0.1) is 0 Å². The van der Waals surface area contributed by atoms with Gasteiger partial charge in [0.2, 0.25) is 0 Å². The summed E-state index contributed by atoms with van der Waals surface area (Å²) >= 11 is 1.59. The molecule has 0 aliphatic carbocycles. The van der Waals surface area contributed by atoms with Crippen LogP contribution in [-0.4, -0.2) is 10.1 Å². The highest BCUT2D eigenvalue weighted by atomic mass is 32.2. The van der Waals surface area contributed by atoms with Crippen LogP contribution in [0.5, 0.6) is 5.75 Å². The van der Waals surface area contributed by atoms with E-state index in [2.05, 4.69) is 31.8 Å². The molecular weight excluding hydrogens is 242 g/mol. The van der Waals surface area contributed by atoms with Crippen LogP contribution in [0.3, 0.4) is 0 Å². The summed E-state index contributed by atoms with van der Waals surface area (Å²) in [4.78, 5) is 5.54. The molecule has 1 aromatic heterocycles. The Hall–Kier alpha value is -1.48. The Morgan fingerprint density at radius 1 is 1.00 bits per heavy atom. The molecule has 2 nitrogen and oxygen atoms in total. The number of phenolic OH excluding ortho intramolecular Hbond substituents is 1. The molecule has 0 radical (unpaired) electrons. The monoisotopic (exact) mass is 259 g/mol. The molecule has 1 aromatic carbocycles. The molecule has 0 unspecified atom stereocenters. The third kappa shape index (κ3) is 3.26. The van der Waals surface area contributed by atoms with Gasteiger partial charge in [0.25, 0.3) is 0 Å². The fourth-order valence-electron chi connectivity index (χ4n) is 1.52. The molecule has 0 saturated heterocycles. The molecule has 0 aliphatic heterocycles. The molecule has 0 atom stereocenters. The van der Waals surface area contributed by atoms with Crippen molar-refractivity contribution in [2.75, 3.05) is 0 Å². The lowest BCUT2D eigenvalue weighted by Gasteiger charge is -2.18. The van der Waals surface area contributed by atoms with Gasteiger partial charge >= 0.3 is 0 Å². The fraction of sp³-hybridized carbons (Fsp3) is 0.267. The maximum Gasteiger partial charge on any atom is 0.115 e. The van der Waals surface area contributed by atoms with Crippen molar-refractivity contribution in [2.45, 2.75) is 36.1 Å². The number of benzene rings is 1. The Balaban J connectivity index is 2.13. The first-order valence-corrected chi connectivity index (χ1v) is 6.70. The summed E-state index contributed by atoms with van der Waals surface area (Å²) < 4.78 is 0. The van der Waals surface area contributed by atoms with Crippen molar-refractivity contribution in [2.24, 2.45) is 0 Å². The first kappa shape index (κ1) is 13.0. The van der Waals surface area contributed by atoms with Crippen molar-refractivity contribution in [1.82, 2.24) is 4.98 Å². The fourth-order valence-corrected chi connectivity index (χ4v) is 2.27. The van der Waals surface area contributed by atoms with Crippen molar-refractivity contribution >= 4 is 11.8 Å². The largest absolute Gasteiger partial charge is 0.508 e. The SMILES string of the molecule is CC(C)(C)c1ccc(Sc2ccc(O)cc2)nc1. The zero-order valence-corrected chi connectivity index (χ0v) is 11.7. The van der Waals surface area contributed by atoms with Gasteiger partial charge in [0.15, 0.2) is 0 Å². The molecule has 1 N–H and O–H groups in total. The summed E-state index contributed by atoms with van der Waals surface area (Å²) in [5, 5.41) is 10.2. The van der Waals surface area contributed by atoms with Crippen LogP contribution < -0.4 is 0 Å². The van der Waals surface area contributed by atoms with E-state index in [1.807, 2.05) is 24.4 Å². The van der Waals surface area contributed by atoms with E-state index in [4.69, 9.17) is 0 Å². The van der Waals surface area contributed by atoms with E-state index < -0.39 is 0 Å². The van der Waals surface area contributed by atoms with E-state index in [0.29, 0.717) is 0 Å². The van der Waals surface area contributed by atoms with Crippen LogP contribution in [0, 0.1) is 0 Å². The molecule has 2 aromatic rings. The summed E-state index contributed by atoms with van der Waals surface area (Å²) in [6, 6.07) is 11.3. The van der Waals surface area contributed by atoms with Crippen LogP contribution in [0.25, 0.3) is 0 Å². The second-order valence-corrected chi connectivity index (χ2v) is 6.32. The molecule has 94 valence electrons. The van der Waals surface area contributed by atoms with E-state index in [9.17, 15) is 5.11 Å². The molecule has 0 amide bonds. The van der Waals surface area contributed by atoms with E-state index >= 15 is 0 Å². The number of rotatable bonds is 2. The second-order valence-electron chi connectivity index (χ2n) is 5.23. The van der Waals surface area contributed by atoms with Crippen LogP contribution in [-0.2, 0) is 5.41 Å². The van der Waals surface area contributed by atoms with E-state index in [0.717, 1.165) is 9.92 Å². The molecule has 18 heavy (non-hydrogen) atoms. The average Bonchev–Trinajstić information content (AvgIpc) is 2.32. The third-order valence-electron chi connectivity index (χ3n) is 2.66. The van der Waals surface area contributed by atoms with E-state index in [-0.39, 0.29) is 11.2 Å². The second kappa shape index (κ2) is 5.02. The molecule has 0 spiro atoms. The maximum absolute atomic E-state index is 9.22. The van der Waals surface area contributed by atoms with Crippen molar-refractivity contribution in [3.8, 4) is 5.75 Å². The standard InChI is InChI=1S/C15H17NOS/c1-15(2,3)11-4-9-14(16-10-11)18-13-7-5-12(17)6-8-13/h4-10,17H,1-3H3. The first-order chi connectivity index (χ1) is 8.45. The number of hydrogen-bond donors (Lipinski definition) is 1. The quantitative estimate of drug-likeness (QED) is 0.876. The van der Waals surface area contributed by atoms with Crippen molar-refractivity contribution in [3.05, 3.63) is 48.2 Å². The van der Waals surface area contributed by atoms with Crippen molar-refractivity contribution < 1.29 is 5.11 Å². The molecule has 0 aliphatic rings.